The molecule has 0 saturated carbocycles. The van der Waals surface area contributed by atoms with Crippen molar-refractivity contribution in [2.45, 2.75) is 25.4 Å². The molecule has 0 fully saturated rings. The van der Waals surface area contributed by atoms with Gasteiger partial charge < -0.3 is 5.32 Å². The summed E-state index contributed by atoms with van der Waals surface area (Å²) in [4.78, 5) is 12.0. The Hall–Kier alpha value is -2.31. The summed E-state index contributed by atoms with van der Waals surface area (Å²) in [6.45, 7) is 4.75. The van der Waals surface area contributed by atoms with Gasteiger partial charge >= 0.3 is 0 Å². The number of aromatic nitrogens is 3. The maximum absolute atomic E-state index is 12.0. The van der Waals surface area contributed by atoms with Crippen LogP contribution < -0.4 is 5.32 Å². The number of nitrogens with one attached hydrogen (secondary N) is 1. The minimum absolute atomic E-state index is 0.00585. The third-order valence-corrected chi connectivity index (χ3v) is 5.08. The van der Waals surface area contributed by atoms with Crippen LogP contribution in [0.5, 0.6) is 0 Å². The van der Waals surface area contributed by atoms with E-state index in [1.165, 1.54) is 11.8 Å². The average molecular weight is 401 g/mol. The van der Waals surface area contributed by atoms with E-state index in [1.807, 2.05) is 60.9 Å². The fourth-order valence-electron chi connectivity index (χ4n) is 2.59. The summed E-state index contributed by atoms with van der Waals surface area (Å²) in [6.07, 6.45) is 0.913. The molecule has 5 nitrogen and oxygen atoms in total. The standard InChI is InChI=1S/C20H21ClN4OS/c1-3-11-22-18(26)13-27-20-24-23-19(15-7-9-16(21)10-8-15)25(20)17-6-4-5-14(2)12-17/h4-10,12H,3,11,13H2,1-2H3,(H,22,26). The van der Waals surface area contributed by atoms with Gasteiger partial charge in [0.2, 0.25) is 5.91 Å². The van der Waals surface area contributed by atoms with Crippen LogP contribution in [-0.2, 0) is 4.79 Å². The fraction of sp³-hybridized carbons (Fsp3) is 0.250. The Balaban J connectivity index is 1.96. The lowest BCUT2D eigenvalue weighted by Crippen LogP contribution is -2.25. The first-order valence-corrected chi connectivity index (χ1v) is 10.1. The number of thioether (sulfide) groups is 1. The Morgan fingerprint density at radius 1 is 1.19 bits per heavy atom. The van der Waals surface area contributed by atoms with Crippen molar-refractivity contribution in [2.75, 3.05) is 12.3 Å². The normalized spacial score (nSPS) is 10.8. The van der Waals surface area contributed by atoms with Gasteiger partial charge in [-0.1, -0.05) is 42.4 Å². The summed E-state index contributed by atoms with van der Waals surface area (Å²) >= 11 is 7.39. The molecule has 1 N–H and O–H groups in total. The van der Waals surface area contributed by atoms with Crippen LogP contribution in [0.1, 0.15) is 18.9 Å². The molecule has 0 saturated heterocycles. The van der Waals surface area contributed by atoms with Crippen LogP contribution in [0.15, 0.2) is 53.7 Å². The Morgan fingerprint density at radius 2 is 1.96 bits per heavy atom. The second kappa shape index (κ2) is 9.06. The number of amides is 1. The maximum atomic E-state index is 12.0. The largest absolute Gasteiger partial charge is 0.355 e. The lowest BCUT2D eigenvalue weighted by molar-refractivity contribution is -0.118. The van der Waals surface area contributed by atoms with E-state index in [0.29, 0.717) is 28.3 Å². The molecule has 7 heteroatoms. The van der Waals surface area contributed by atoms with Crippen LogP contribution in [-0.4, -0.2) is 33.0 Å². The van der Waals surface area contributed by atoms with Gasteiger partial charge in [-0.2, -0.15) is 0 Å². The average Bonchev–Trinajstić information content (AvgIpc) is 3.09. The third-order valence-electron chi connectivity index (χ3n) is 3.90. The molecule has 27 heavy (non-hydrogen) atoms. The summed E-state index contributed by atoms with van der Waals surface area (Å²) in [5.74, 6) is 1.01. The number of carbonyl (C=O) groups is 1. The Kier molecular flexibility index (Phi) is 6.53. The number of carbonyl (C=O) groups excluding carboxylic acids is 1. The molecule has 140 valence electrons. The summed E-state index contributed by atoms with van der Waals surface area (Å²) in [5.41, 5.74) is 3.01. The molecule has 0 spiro atoms. The second-order valence-corrected chi connectivity index (χ2v) is 7.51. The van der Waals surface area contributed by atoms with Gasteiger partial charge in [0.1, 0.15) is 0 Å². The minimum atomic E-state index is -0.00585. The van der Waals surface area contributed by atoms with Crippen molar-refractivity contribution in [3.05, 3.63) is 59.1 Å². The van der Waals surface area contributed by atoms with Crippen molar-refractivity contribution in [3.8, 4) is 17.1 Å². The Bertz CT molecular complexity index is 924. The van der Waals surface area contributed by atoms with Gasteiger partial charge in [0.25, 0.3) is 0 Å². The number of nitrogens with zero attached hydrogens (tertiary/aromatic N) is 3. The van der Waals surface area contributed by atoms with E-state index in [2.05, 4.69) is 21.6 Å². The van der Waals surface area contributed by atoms with E-state index in [4.69, 9.17) is 11.6 Å². The maximum Gasteiger partial charge on any atom is 0.230 e. The molecule has 0 aliphatic heterocycles. The monoisotopic (exact) mass is 400 g/mol. The molecular formula is C20H21ClN4OS. The third kappa shape index (κ3) is 4.90. The molecular weight excluding hydrogens is 380 g/mol. The lowest BCUT2D eigenvalue weighted by atomic mass is 10.2. The number of halogens is 1. The number of hydrogen-bond acceptors (Lipinski definition) is 4. The summed E-state index contributed by atoms with van der Waals surface area (Å²) in [7, 11) is 0. The van der Waals surface area contributed by atoms with Gasteiger partial charge in [-0.25, -0.2) is 0 Å². The van der Waals surface area contributed by atoms with E-state index in [1.54, 1.807) is 0 Å². The zero-order valence-electron chi connectivity index (χ0n) is 15.3. The zero-order chi connectivity index (χ0) is 19.2. The highest BCUT2D eigenvalue weighted by Crippen LogP contribution is 2.29. The highest BCUT2D eigenvalue weighted by molar-refractivity contribution is 7.99. The predicted octanol–water partition coefficient (Wildman–Crippen LogP) is 4.51. The minimum Gasteiger partial charge on any atom is -0.355 e. The zero-order valence-corrected chi connectivity index (χ0v) is 16.8. The quantitative estimate of drug-likeness (QED) is 0.592. The van der Waals surface area contributed by atoms with Crippen molar-refractivity contribution in [2.24, 2.45) is 0 Å². The van der Waals surface area contributed by atoms with Gasteiger partial charge in [0.15, 0.2) is 11.0 Å². The molecule has 3 aromatic rings. The number of rotatable bonds is 7. The van der Waals surface area contributed by atoms with E-state index in [0.717, 1.165) is 23.2 Å². The smallest absolute Gasteiger partial charge is 0.230 e. The van der Waals surface area contributed by atoms with Crippen molar-refractivity contribution in [1.82, 2.24) is 20.1 Å². The van der Waals surface area contributed by atoms with E-state index in [9.17, 15) is 4.79 Å². The molecule has 0 atom stereocenters. The van der Waals surface area contributed by atoms with Crippen LogP contribution in [0.4, 0.5) is 0 Å². The van der Waals surface area contributed by atoms with Crippen molar-refractivity contribution < 1.29 is 4.79 Å². The molecule has 3 rings (SSSR count). The van der Waals surface area contributed by atoms with Crippen LogP contribution in [0.25, 0.3) is 17.1 Å². The highest BCUT2D eigenvalue weighted by atomic mass is 35.5. The first kappa shape index (κ1) is 19.5. The summed E-state index contributed by atoms with van der Waals surface area (Å²) in [5, 5.41) is 12.9. The van der Waals surface area contributed by atoms with Gasteiger partial charge in [0.05, 0.1) is 5.75 Å². The topological polar surface area (TPSA) is 59.8 Å². The number of benzene rings is 2. The first-order valence-electron chi connectivity index (χ1n) is 8.76. The van der Waals surface area contributed by atoms with Crippen LogP contribution in [0.3, 0.4) is 0 Å². The second-order valence-electron chi connectivity index (χ2n) is 6.13. The Morgan fingerprint density at radius 3 is 2.67 bits per heavy atom. The molecule has 1 amide bonds. The van der Waals surface area contributed by atoms with Crippen molar-refractivity contribution in [1.29, 1.82) is 0 Å². The number of hydrogen-bond donors (Lipinski definition) is 1. The molecule has 0 bridgehead atoms. The van der Waals surface area contributed by atoms with Crippen LogP contribution in [0.2, 0.25) is 5.02 Å². The molecule has 0 aliphatic rings. The van der Waals surface area contributed by atoms with Crippen LogP contribution >= 0.6 is 23.4 Å². The molecule has 0 unspecified atom stereocenters. The van der Waals surface area contributed by atoms with Gasteiger partial charge in [-0.3, -0.25) is 9.36 Å². The lowest BCUT2D eigenvalue weighted by Gasteiger charge is -2.11. The van der Waals surface area contributed by atoms with Gasteiger partial charge in [0, 0.05) is 22.8 Å². The molecule has 0 aliphatic carbocycles. The molecule has 1 aromatic heterocycles. The van der Waals surface area contributed by atoms with Crippen molar-refractivity contribution >= 4 is 29.3 Å². The van der Waals surface area contributed by atoms with Crippen molar-refractivity contribution in [3.63, 3.8) is 0 Å². The fourth-order valence-corrected chi connectivity index (χ4v) is 3.50. The first-order chi connectivity index (χ1) is 13.1. The highest BCUT2D eigenvalue weighted by Gasteiger charge is 2.17. The predicted molar refractivity (Wildman–Crippen MR) is 111 cm³/mol. The van der Waals surface area contributed by atoms with Crippen LogP contribution in [0, 0.1) is 6.92 Å². The van der Waals surface area contributed by atoms with E-state index < -0.39 is 0 Å². The number of aryl methyl sites for hydroxylation is 1. The molecule has 2 aromatic carbocycles. The molecule has 0 radical (unpaired) electrons. The van der Waals surface area contributed by atoms with Gasteiger partial charge in [-0.15, -0.1) is 10.2 Å². The van der Waals surface area contributed by atoms with Gasteiger partial charge in [-0.05, 0) is 55.3 Å². The SMILES string of the molecule is CCCNC(=O)CSc1nnc(-c2ccc(Cl)cc2)n1-c1cccc(C)c1. The van der Waals surface area contributed by atoms with E-state index in [-0.39, 0.29) is 5.91 Å². The summed E-state index contributed by atoms with van der Waals surface area (Å²) in [6, 6.07) is 15.6. The Labute approximate surface area is 168 Å². The molecule has 1 heterocycles. The summed E-state index contributed by atoms with van der Waals surface area (Å²) < 4.78 is 1.98. The van der Waals surface area contributed by atoms with E-state index >= 15 is 0 Å².